The fourth-order valence-corrected chi connectivity index (χ4v) is 1.39. The number of halogens is 3. The van der Waals surface area contributed by atoms with Gasteiger partial charge in [-0.25, -0.2) is 4.59 Å². The molecule has 0 aromatic carbocycles. The van der Waals surface area contributed by atoms with Crippen LogP contribution in [-0.4, -0.2) is 29.4 Å². The zero-order valence-corrected chi connectivity index (χ0v) is 6.52. The number of alkyl halides is 3. The van der Waals surface area contributed by atoms with E-state index in [2.05, 4.69) is 0 Å². The van der Waals surface area contributed by atoms with E-state index in [1.807, 2.05) is 0 Å². The van der Waals surface area contributed by atoms with Gasteiger partial charge in [0.25, 0.3) is 0 Å². The lowest BCUT2D eigenvalue weighted by Crippen LogP contribution is -2.45. The lowest BCUT2D eigenvalue weighted by Gasteiger charge is -2.15. The first-order valence-electron chi connectivity index (χ1n) is 3.50. The van der Waals surface area contributed by atoms with Crippen LogP contribution in [0.4, 0.5) is 13.2 Å². The number of nitrogens with two attached hydrogens (primary N) is 1. The summed E-state index contributed by atoms with van der Waals surface area (Å²) < 4.78 is 35.2. The fraction of sp³-hybridized carbons (Fsp3) is 1.00. The maximum Gasteiger partial charge on any atom is 0.440 e. The largest absolute Gasteiger partial charge is 0.440 e. The van der Waals surface area contributed by atoms with Crippen LogP contribution in [0.15, 0.2) is 0 Å². The molecule has 0 spiro atoms. The summed E-state index contributed by atoms with van der Waals surface area (Å²) in [7, 11) is 0. The molecule has 11 heavy (non-hydrogen) atoms. The normalized spacial score (nSPS) is 44.2. The molecule has 0 aliphatic carbocycles. The molecule has 2 nitrogen and oxygen atoms in total. The number of rotatable bonds is 1. The van der Waals surface area contributed by atoms with Crippen LogP contribution in [-0.2, 0) is 0 Å². The second kappa shape index (κ2) is 2.10. The molecule has 0 radical (unpaired) electrons. The van der Waals surface area contributed by atoms with E-state index in [0.717, 1.165) is 0 Å². The Morgan fingerprint density at radius 1 is 1.27 bits per heavy atom. The van der Waals surface area contributed by atoms with Crippen molar-refractivity contribution in [3.05, 3.63) is 0 Å². The predicted molar refractivity (Wildman–Crippen MR) is 34.3 cm³/mol. The van der Waals surface area contributed by atoms with Crippen LogP contribution in [0.1, 0.15) is 13.8 Å². The van der Waals surface area contributed by atoms with Gasteiger partial charge in [-0.1, -0.05) is 0 Å². The summed E-state index contributed by atoms with van der Waals surface area (Å²) >= 11 is 0. The van der Waals surface area contributed by atoms with Gasteiger partial charge in [-0.2, -0.15) is 19.0 Å². The van der Waals surface area contributed by atoms with Gasteiger partial charge in [0, 0.05) is 0 Å². The van der Waals surface area contributed by atoms with E-state index >= 15 is 0 Å². The summed E-state index contributed by atoms with van der Waals surface area (Å²) in [4.78, 5) is 0. The van der Waals surface area contributed by atoms with Crippen molar-refractivity contribution in [3.8, 4) is 0 Å². The molecule has 0 bridgehead atoms. The first-order chi connectivity index (χ1) is 4.77. The van der Waals surface area contributed by atoms with Crippen LogP contribution >= 0.6 is 0 Å². The Morgan fingerprint density at radius 3 is 1.73 bits per heavy atom. The predicted octanol–water partition coefficient (Wildman–Crippen LogP) is 1.03. The van der Waals surface area contributed by atoms with Gasteiger partial charge >= 0.3 is 6.18 Å². The minimum Gasteiger partial charge on any atom is -0.226 e. The SMILES string of the molecule is CC1C(C)[N+]1(N)CC(F)(F)F. The van der Waals surface area contributed by atoms with Crippen molar-refractivity contribution in [2.45, 2.75) is 32.1 Å². The Morgan fingerprint density at radius 2 is 1.64 bits per heavy atom. The van der Waals surface area contributed by atoms with Crippen LogP contribution in [0.2, 0.25) is 0 Å². The molecule has 0 saturated carbocycles. The third-order valence-electron chi connectivity index (χ3n) is 2.58. The average Bonchev–Trinajstić information content (AvgIpc) is 2.15. The van der Waals surface area contributed by atoms with E-state index in [1.165, 1.54) is 0 Å². The number of hydrogen-bond acceptors (Lipinski definition) is 1. The van der Waals surface area contributed by atoms with Crippen molar-refractivity contribution in [1.29, 1.82) is 0 Å². The highest BCUT2D eigenvalue weighted by Crippen LogP contribution is 2.37. The van der Waals surface area contributed by atoms with Gasteiger partial charge in [0.05, 0.1) is 0 Å². The molecule has 2 atom stereocenters. The molecule has 5 heteroatoms. The van der Waals surface area contributed by atoms with Gasteiger partial charge in [-0.05, 0) is 13.8 Å². The Balaban J connectivity index is 2.52. The maximum atomic E-state index is 11.8. The van der Waals surface area contributed by atoms with Gasteiger partial charge in [0.15, 0.2) is 18.6 Å². The first-order valence-corrected chi connectivity index (χ1v) is 3.50. The van der Waals surface area contributed by atoms with Gasteiger partial charge in [-0.3, -0.25) is 0 Å². The molecule has 0 amide bonds. The zero-order chi connectivity index (χ0) is 8.86. The highest BCUT2D eigenvalue weighted by molar-refractivity contribution is 4.78. The van der Waals surface area contributed by atoms with Crippen molar-refractivity contribution in [2.24, 2.45) is 5.84 Å². The number of nitrogens with zero attached hydrogens (tertiary/aromatic N) is 1. The molecule has 0 aromatic heterocycles. The van der Waals surface area contributed by atoms with E-state index in [9.17, 15) is 13.2 Å². The third kappa shape index (κ3) is 1.49. The smallest absolute Gasteiger partial charge is 0.226 e. The minimum absolute atomic E-state index is 0.0587. The van der Waals surface area contributed by atoms with E-state index in [0.29, 0.717) is 0 Å². The standard InChI is InChI=1S/C6H12F3N2/c1-4-5(2)11(4,10)3-6(7,8)9/h4-5H,3,10H2,1-2H3/q+1. The van der Waals surface area contributed by atoms with Gasteiger partial charge in [-0.15, -0.1) is 0 Å². The molecule has 0 aromatic rings. The molecule has 66 valence electrons. The number of hydrogen-bond donors (Lipinski definition) is 1. The van der Waals surface area contributed by atoms with Gasteiger partial charge < -0.3 is 0 Å². The Hall–Kier alpha value is -0.290. The zero-order valence-electron chi connectivity index (χ0n) is 6.52. The Kier molecular flexibility index (Phi) is 1.68. The lowest BCUT2D eigenvalue weighted by atomic mass is 10.4. The quantitative estimate of drug-likeness (QED) is 0.354. The molecule has 1 aliphatic heterocycles. The van der Waals surface area contributed by atoms with Gasteiger partial charge in [0.2, 0.25) is 0 Å². The summed E-state index contributed by atoms with van der Waals surface area (Å²) in [6, 6.07) is -0.117. The molecule has 1 aliphatic rings. The second-order valence-electron chi connectivity index (χ2n) is 3.25. The molecule has 2 N–H and O–H groups in total. The molecular weight excluding hydrogens is 157 g/mol. The van der Waals surface area contributed by atoms with Crippen LogP contribution in [0.3, 0.4) is 0 Å². The first kappa shape index (κ1) is 8.80. The summed E-state index contributed by atoms with van der Waals surface area (Å²) in [5.74, 6) is 5.44. The molecule has 2 unspecified atom stereocenters. The summed E-state index contributed by atoms with van der Waals surface area (Å²) in [6.07, 6.45) is -4.15. The van der Waals surface area contributed by atoms with E-state index in [-0.39, 0.29) is 16.7 Å². The summed E-state index contributed by atoms with van der Waals surface area (Å²) in [5, 5.41) is 0. The van der Waals surface area contributed by atoms with Crippen molar-refractivity contribution < 1.29 is 17.8 Å². The summed E-state index contributed by atoms with van der Waals surface area (Å²) in [6.45, 7) is 2.56. The van der Waals surface area contributed by atoms with E-state index in [1.54, 1.807) is 13.8 Å². The monoisotopic (exact) mass is 169 g/mol. The van der Waals surface area contributed by atoms with Crippen molar-refractivity contribution >= 4 is 0 Å². The second-order valence-corrected chi connectivity index (χ2v) is 3.25. The Labute approximate surface area is 63.3 Å². The van der Waals surface area contributed by atoms with Crippen molar-refractivity contribution in [2.75, 3.05) is 6.54 Å². The van der Waals surface area contributed by atoms with Crippen molar-refractivity contribution in [3.63, 3.8) is 0 Å². The fourth-order valence-electron chi connectivity index (χ4n) is 1.39. The molecule has 1 fully saturated rings. The van der Waals surface area contributed by atoms with E-state index < -0.39 is 12.7 Å². The average molecular weight is 169 g/mol. The highest BCUT2D eigenvalue weighted by atomic mass is 19.4. The van der Waals surface area contributed by atoms with Crippen LogP contribution in [0, 0.1) is 0 Å². The summed E-state index contributed by atoms with van der Waals surface area (Å²) in [5.41, 5.74) is 0. The number of quaternary nitrogens is 1. The van der Waals surface area contributed by atoms with Crippen molar-refractivity contribution in [1.82, 2.24) is 0 Å². The topological polar surface area (TPSA) is 26.0 Å². The highest BCUT2D eigenvalue weighted by Gasteiger charge is 2.63. The minimum atomic E-state index is -4.15. The molecule has 1 rings (SSSR count). The molecule has 1 heterocycles. The van der Waals surface area contributed by atoms with Crippen LogP contribution in [0.25, 0.3) is 0 Å². The molecule has 1 saturated heterocycles. The third-order valence-corrected chi connectivity index (χ3v) is 2.58. The Bertz CT molecular complexity index is 158. The molecular formula is C6H12F3N2+. The van der Waals surface area contributed by atoms with E-state index in [4.69, 9.17) is 5.84 Å². The van der Waals surface area contributed by atoms with Gasteiger partial charge in [0.1, 0.15) is 0 Å². The maximum absolute atomic E-state index is 11.8. The van der Waals surface area contributed by atoms with Crippen LogP contribution < -0.4 is 5.84 Å². The van der Waals surface area contributed by atoms with Crippen LogP contribution in [0.5, 0.6) is 0 Å². The lowest BCUT2D eigenvalue weighted by molar-refractivity contribution is -0.849.